The van der Waals surface area contributed by atoms with E-state index >= 15 is 0 Å². The van der Waals surface area contributed by atoms with Gasteiger partial charge in [0.1, 0.15) is 0 Å². The fraction of sp³-hybridized carbons (Fsp3) is 0.350. The lowest BCUT2D eigenvalue weighted by atomic mass is 10.0. The third-order valence-electron chi connectivity index (χ3n) is 4.82. The van der Waals surface area contributed by atoms with Crippen LogP contribution in [0.3, 0.4) is 0 Å². The van der Waals surface area contributed by atoms with Crippen molar-refractivity contribution in [3.8, 4) is 11.5 Å². The van der Waals surface area contributed by atoms with Crippen LogP contribution in [0, 0.1) is 6.92 Å². The first-order chi connectivity index (χ1) is 12.2. The molecule has 130 valence electrons. The molecule has 2 atom stereocenters. The van der Waals surface area contributed by atoms with Crippen LogP contribution in [0.1, 0.15) is 29.0 Å². The van der Waals surface area contributed by atoms with Gasteiger partial charge in [0, 0.05) is 25.6 Å². The molecule has 0 radical (unpaired) electrons. The van der Waals surface area contributed by atoms with Crippen molar-refractivity contribution in [1.82, 2.24) is 10.6 Å². The number of hydrogen-bond acceptors (Lipinski definition) is 3. The Balaban J connectivity index is 1.33. The molecule has 5 heteroatoms. The summed E-state index contributed by atoms with van der Waals surface area (Å²) >= 11 is 0. The molecule has 0 spiro atoms. The summed E-state index contributed by atoms with van der Waals surface area (Å²) in [4.78, 5) is 4.34. The normalized spacial score (nSPS) is 21.1. The van der Waals surface area contributed by atoms with Gasteiger partial charge in [0.25, 0.3) is 0 Å². The number of rotatable bonds is 4. The summed E-state index contributed by atoms with van der Waals surface area (Å²) in [6, 6.07) is 15.1. The molecule has 1 aliphatic heterocycles. The highest BCUT2D eigenvalue weighted by Crippen LogP contribution is 2.42. The molecule has 25 heavy (non-hydrogen) atoms. The number of fused-ring (bicyclic) bond motifs is 1. The summed E-state index contributed by atoms with van der Waals surface area (Å²) in [5, 5.41) is 6.90. The SMILES string of the molecule is CN=C(NCc1ccc2c(c1)OCO2)NC1CC1c1ccccc1C. The Bertz CT molecular complexity index is 803. The first kappa shape index (κ1) is 15.8. The van der Waals surface area contributed by atoms with Gasteiger partial charge in [-0.1, -0.05) is 30.3 Å². The van der Waals surface area contributed by atoms with E-state index in [1.807, 2.05) is 18.2 Å². The van der Waals surface area contributed by atoms with E-state index < -0.39 is 0 Å². The van der Waals surface area contributed by atoms with Gasteiger partial charge in [-0.2, -0.15) is 0 Å². The third kappa shape index (κ3) is 3.40. The predicted molar refractivity (Wildman–Crippen MR) is 98.2 cm³/mol. The molecule has 0 amide bonds. The number of benzene rings is 2. The Morgan fingerprint density at radius 3 is 2.84 bits per heavy atom. The van der Waals surface area contributed by atoms with Crippen molar-refractivity contribution in [3.63, 3.8) is 0 Å². The molecule has 0 saturated heterocycles. The van der Waals surface area contributed by atoms with Gasteiger partial charge >= 0.3 is 0 Å². The van der Waals surface area contributed by atoms with Gasteiger partial charge in [0.15, 0.2) is 17.5 Å². The quantitative estimate of drug-likeness (QED) is 0.665. The molecular formula is C20H23N3O2. The molecule has 1 fully saturated rings. The molecule has 1 heterocycles. The Morgan fingerprint density at radius 1 is 1.16 bits per heavy atom. The van der Waals surface area contributed by atoms with Crippen LogP contribution in [0.2, 0.25) is 0 Å². The molecule has 1 saturated carbocycles. The molecule has 0 bridgehead atoms. The summed E-state index contributed by atoms with van der Waals surface area (Å²) in [6.45, 7) is 3.17. The van der Waals surface area contributed by atoms with Crippen LogP contribution in [0.25, 0.3) is 0 Å². The van der Waals surface area contributed by atoms with E-state index in [1.54, 1.807) is 7.05 Å². The second-order valence-electron chi connectivity index (χ2n) is 6.56. The zero-order chi connectivity index (χ0) is 17.2. The van der Waals surface area contributed by atoms with E-state index in [-0.39, 0.29) is 0 Å². The molecule has 5 nitrogen and oxygen atoms in total. The number of nitrogens with one attached hydrogen (secondary N) is 2. The maximum absolute atomic E-state index is 5.43. The Hall–Kier alpha value is -2.69. The maximum Gasteiger partial charge on any atom is 0.231 e. The summed E-state index contributed by atoms with van der Waals surface area (Å²) < 4.78 is 10.8. The highest BCUT2D eigenvalue weighted by Gasteiger charge is 2.39. The minimum atomic E-state index is 0.303. The molecule has 2 aliphatic rings. The van der Waals surface area contributed by atoms with Crippen LogP contribution in [-0.2, 0) is 6.54 Å². The van der Waals surface area contributed by atoms with Gasteiger partial charge in [0.05, 0.1) is 0 Å². The second-order valence-corrected chi connectivity index (χ2v) is 6.56. The van der Waals surface area contributed by atoms with Crippen molar-refractivity contribution in [2.24, 2.45) is 4.99 Å². The monoisotopic (exact) mass is 337 g/mol. The highest BCUT2D eigenvalue weighted by atomic mass is 16.7. The van der Waals surface area contributed by atoms with Crippen molar-refractivity contribution in [2.45, 2.75) is 31.8 Å². The van der Waals surface area contributed by atoms with Crippen LogP contribution in [0.15, 0.2) is 47.5 Å². The van der Waals surface area contributed by atoms with E-state index in [0.29, 0.717) is 25.3 Å². The van der Waals surface area contributed by atoms with Crippen molar-refractivity contribution in [2.75, 3.05) is 13.8 Å². The Morgan fingerprint density at radius 2 is 2.00 bits per heavy atom. The lowest BCUT2D eigenvalue weighted by molar-refractivity contribution is 0.174. The lowest BCUT2D eigenvalue weighted by Crippen LogP contribution is -2.38. The van der Waals surface area contributed by atoms with Crippen LogP contribution >= 0.6 is 0 Å². The lowest BCUT2D eigenvalue weighted by Gasteiger charge is -2.13. The average molecular weight is 337 g/mol. The van der Waals surface area contributed by atoms with Gasteiger partial charge in [-0.05, 0) is 42.2 Å². The van der Waals surface area contributed by atoms with Crippen molar-refractivity contribution < 1.29 is 9.47 Å². The van der Waals surface area contributed by atoms with Crippen molar-refractivity contribution >= 4 is 5.96 Å². The van der Waals surface area contributed by atoms with E-state index in [4.69, 9.17) is 9.47 Å². The summed E-state index contributed by atoms with van der Waals surface area (Å²) in [6.07, 6.45) is 1.15. The predicted octanol–water partition coefficient (Wildman–Crippen LogP) is 2.94. The second kappa shape index (κ2) is 6.67. The summed E-state index contributed by atoms with van der Waals surface area (Å²) in [7, 11) is 1.81. The van der Waals surface area contributed by atoms with Gasteiger partial charge in [-0.25, -0.2) is 0 Å². The third-order valence-corrected chi connectivity index (χ3v) is 4.82. The molecule has 2 N–H and O–H groups in total. The molecule has 2 unspecified atom stereocenters. The zero-order valence-electron chi connectivity index (χ0n) is 14.6. The summed E-state index contributed by atoms with van der Waals surface area (Å²) in [5.41, 5.74) is 3.93. The number of aryl methyl sites for hydroxylation is 1. The van der Waals surface area contributed by atoms with Crippen LogP contribution in [0.5, 0.6) is 11.5 Å². The molecule has 4 rings (SSSR count). The maximum atomic E-state index is 5.43. The van der Waals surface area contributed by atoms with Gasteiger partial charge in [0.2, 0.25) is 6.79 Å². The first-order valence-corrected chi connectivity index (χ1v) is 8.66. The average Bonchev–Trinajstić information content (AvgIpc) is 3.23. The number of aliphatic imine (C=N–C) groups is 1. The number of nitrogens with zero attached hydrogens (tertiary/aromatic N) is 1. The minimum Gasteiger partial charge on any atom is -0.454 e. The number of guanidine groups is 1. The Kier molecular flexibility index (Phi) is 4.22. The molecular weight excluding hydrogens is 314 g/mol. The topological polar surface area (TPSA) is 54.9 Å². The first-order valence-electron chi connectivity index (χ1n) is 8.66. The van der Waals surface area contributed by atoms with Crippen LogP contribution < -0.4 is 20.1 Å². The van der Waals surface area contributed by atoms with Crippen molar-refractivity contribution in [3.05, 3.63) is 59.2 Å². The Labute approximate surface area is 148 Å². The largest absolute Gasteiger partial charge is 0.454 e. The highest BCUT2D eigenvalue weighted by molar-refractivity contribution is 5.80. The fourth-order valence-electron chi connectivity index (χ4n) is 3.31. The number of hydrogen-bond donors (Lipinski definition) is 2. The van der Waals surface area contributed by atoms with Crippen LogP contribution in [-0.4, -0.2) is 25.8 Å². The van der Waals surface area contributed by atoms with E-state index in [0.717, 1.165) is 29.4 Å². The molecule has 0 aromatic heterocycles. The van der Waals surface area contributed by atoms with Gasteiger partial charge in [-0.15, -0.1) is 0 Å². The van der Waals surface area contributed by atoms with E-state index in [9.17, 15) is 0 Å². The minimum absolute atomic E-state index is 0.303. The zero-order valence-corrected chi connectivity index (χ0v) is 14.6. The van der Waals surface area contributed by atoms with E-state index in [1.165, 1.54) is 11.1 Å². The summed E-state index contributed by atoms with van der Waals surface area (Å²) in [5.74, 6) is 3.03. The number of ether oxygens (including phenoxy) is 2. The van der Waals surface area contributed by atoms with Gasteiger partial charge < -0.3 is 20.1 Å². The molecule has 2 aromatic rings. The smallest absolute Gasteiger partial charge is 0.231 e. The standard InChI is InChI=1S/C20H23N3O2/c1-13-5-3-4-6-15(13)16-10-17(16)23-20(21-2)22-11-14-7-8-18-19(9-14)25-12-24-18/h3-9,16-17H,10-12H2,1-2H3,(H2,21,22,23). The van der Waals surface area contributed by atoms with Crippen molar-refractivity contribution in [1.29, 1.82) is 0 Å². The van der Waals surface area contributed by atoms with E-state index in [2.05, 4.69) is 46.8 Å². The van der Waals surface area contributed by atoms with Crippen LogP contribution in [0.4, 0.5) is 0 Å². The molecule has 1 aliphatic carbocycles. The molecule has 2 aromatic carbocycles. The van der Waals surface area contributed by atoms with Gasteiger partial charge in [-0.3, -0.25) is 4.99 Å². The fourth-order valence-corrected chi connectivity index (χ4v) is 3.31.